The molecule has 0 atom stereocenters. The molecule has 0 spiro atoms. The number of rotatable bonds is 6. The lowest BCUT2D eigenvalue weighted by Gasteiger charge is -2.11. The van der Waals surface area contributed by atoms with Gasteiger partial charge in [0.1, 0.15) is 5.82 Å². The molecule has 7 nitrogen and oxygen atoms in total. The van der Waals surface area contributed by atoms with Gasteiger partial charge in [-0.2, -0.15) is 0 Å². The molecule has 8 heteroatoms. The first kappa shape index (κ1) is 21.1. The topological polar surface area (TPSA) is 82.1 Å². The molecule has 1 N–H and O–H groups in total. The zero-order valence-electron chi connectivity index (χ0n) is 17.4. The van der Waals surface area contributed by atoms with Crippen molar-refractivity contribution in [3.8, 4) is 11.4 Å². The van der Waals surface area contributed by atoms with E-state index in [1.54, 1.807) is 19.2 Å². The van der Waals surface area contributed by atoms with Crippen LogP contribution in [0.5, 0.6) is 0 Å². The minimum absolute atomic E-state index is 0.105. The summed E-state index contributed by atoms with van der Waals surface area (Å²) in [7, 11) is 1.61. The summed E-state index contributed by atoms with van der Waals surface area (Å²) in [5, 5.41) is 9.82. The molecule has 2 aromatic heterocycles. The zero-order valence-corrected chi connectivity index (χ0v) is 18.1. The number of benzene rings is 2. The smallest absolute Gasteiger partial charge is 0.332 e. The van der Waals surface area contributed by atoms with E-state index in [0.717, 1.165) is 21.3 Å². The molecule has 160 valence electrons. The quantitative estimate of drug-likeness (QED) is 0.501. The number of aliphatic hydroxyl groups excluding tert-OH is 1. The predicted molar refractivity (Wildman–Crippen MR) is 122 cm³/mol. The first-order valence-corrected chi connectivity index (χ1v) is 10.4. The van der Waals surface area contributed by atoms with Crippen molar-refractivity contribution in [2.75, 3.05) is 6.61 Å². The van der Waals surface area contributed by atoms with E-state index in [-0.39, 0.29) is 13.2 Å². The lowest BCUT2D eigenvalue weighted by atomic mass is 10.1. The predicted octanol–water partition coefficient (Wildman–Crippen LogP) is 2.96. The van der Waals surface area contributed by atoms with Crippen molar-refractivity contribution in [1.82, 2.24) is 18.7 Å². The fraction of sp³-hybridized carbons (Fsp3) is 0.261. The van der Waals surface area contributed by atoms with E-state index in [4.69, 9.17) is 16.6 Å². The number of imidazole rings is 1. The Morgan fingerprint density at radius 2 is 1.68 bits per heavy atom. The van der Waals surface area contributed by atoms with E-state index < -0.39 is 11.2 Å². The maximum atomic E-state index is 13.4. The second kappa shape index (κ2) is 8.53. The van der Waals surface area contributed by atoms with E-state index in [9.17, 15) is 14.7 Å². The van der Waals surface area contributed by atoms with Crippen LogP contribution in [0.25, 0.3) is 22.6 Å². The molecule has 0 saturated heterocycles. The van der Waals surface area contributed by atoms with Crippen LogP contribution in [0.1, 0.15) is 17.5 Å². The Morgan fingerprint density at radius 3 is 2.32 bits per heavy atom. The highest BCUT2D eigenvalue weighted by Gasteiger charge is 2.21. The molecule has 2 heterocycles. The van der Waals surface area contributed by atoms with Crippen LogP contribution in [0.2, 0.25) is 5.02 Å². The summed E-state index contributed by atoms with van der Waals surface area (Å²) in [5.74, 6) is 0.608. The van der Waals surface area contributed by atoms with Crippen LogP contribution >= 0.6 is 11.6 Å². The van der Waals surface area contributed by atoms with E-state index in [1.165, 1.54) is 4.57 Å². The number of nitrogens with zero attached hydrogens (tertiary/aromatic N) is 4. The van der Waals surface area contributed by atoms with Crippen molar-refractivity contribution in [1.29, 1.82) is 0 Å². The second-order valence-corrected chi connectivity index (χ2v) is 8.00. The molecule has 0 unspecified atom stereocenters. The summed E-state index contributed by atoms with van der Waals surface area (Å²) in [6.45, 7) is 2.44. The number of fused-ring (bicyclic) bond motifs is 1. The van der Waals surface area contributed by atoms with Gasteiger partial charge in [-0.05, 0) is 31.0 Å². The normalized spacial score (nSPS) is 11.4. The van der Waals surface area contributed by atoms with Crippen molar-refractivity contribution in [2.24, 2.45) is 7.05 Å². The zero-order chi connectivity index (χ0) is 22.1. The van der Waals surface area contributed by atoms with Gasteiger partial charge >= 0.3 is 5.69 Å². The van der Waals surface area contributed by atoms with E-state index in [1.807, 2.05) is 47.9 Å². The van der Waals surface area contributed by atoms with Crippen LogP contribution in [0.4, 0.5) is 0 Å². The van der Waals surface area contributed by atoms with Crippen molar-refractivity contribution >= 4 is 22.8 Å². The first-order chi connectivity index (χ1) is 14.9. The third kappa shape index (κ3) is 3.94. The molecule has 0 amide bonds. The van der Waals surface area contributed by atoms with Gasteiger partial charge in [-0.3, -0.25) is 13.9 Å². The Kier molecular flexibility index (Phi) is 5.80. The van der Waals surface area contributed by atoms with E-state index in [0.29, 0.717) is 35.0 Å². The maximum Gasteiger partial charge on any atom is 0.332 e. The van der Waals surface area contributed by atoms with Gasteiger partial charge in [0.25, 0.3) is 5.56 Å². The van der Waals surface area contributed by atoms with Crippen molar-refractivity contribution in [2.45, 2.75) is 26.4 Å². The van der Waals surface area contributed by atoms with Gasteiger partial charge in [-0.25, -0.2) is 9.78 Å². The second-order valence-electron chi connectivity index (χ2n) is 7.56. The van der Waals surface area contributed by atoms with Crippen LogP contribution in [0, 0.1) is 6.92 Å². The summed E-state index contributed by atoms with van der Waals surface area (Å²) >= 11 is 6.03. The lowest BCUT2D eigenvalue weighted by Crippen LogP contribution is -2.39. The van der Waals surface area contributed by atoms with Crippen molar-refractivity contribution in [3.63, 3.8) is 0 Å². The van der Waals surface area contributed by atoms with E-state index in [2.05, 4.69) is 0 Å². The van der Waals surface area contributed by atoms with Crippen molar-refractivity contribution < 1.29 is 5.11 Å². The summed E-state index contributed by atoms with van der Waals surface area (Å²) in [4.78, 5) is 30.9. The number of hydrogen-bond donors (Lipinski definition) is 1. The van der Waals surface area contributed by atoms with Gasteiger partial charge < -0.3 is 9.67 Å². The van der Waals surface area contributed by atoms with Crippen molar-refractivity contribution in [3.05, 3.63) is 85.5 Å². The van der Waals surface area contributed by atoms with Crippen LogP contribution in [0.3, 0.4) is 0 Å². The Labute approximate surface area is 183 Å². The average molecular weight is 439 g/mol. The molecule has 0 aliphatic heterocycles. The molecule has 2 aromatic carbocycles. The Hall–Kier alpha value is -3.16. The molecule has 0 bridgehead atoms. The van der Waals surface area contributed by atoms with Crippen LogP contribution < -0.4 is 11.2 Å². The number of halogens is 1. The molecule has 0 aliphatic carbocycles. The Balaban J connectivity index is 2.01. The minimum atomic E-state index is -0.447. The Bertz CT molecular complexity index is 1350. The molecule has 31 heavy (non-hydrogen) atoms. The number of aromatic nitrogens is 4. The molecule has 0 aliphatic rings. The summed E-state index contributed by atoms with van der Waals surface area (Å²) in [6.07, 6.45) is 0.316. The molecule has 4 rings (SSSR count). The number of aryl methyl sites for hydroxylation is 2. The van der Waals surface area contributed by atoms with Gasteiger partial charge in [-0.1, -0.05) is 53.6 Å². The highest BCUT2D eigenvalue weighted by molar-refractivity contribution is 6.30. The molecule has 4 aromatic rings. The number of aliphatic hydroxyl groups is 1. The highest BCUT2D eigenvalue weighted by Crippen LogP contribution is 2.24. The summed E-state index contributed by atoms with van der Waals surface area (Å²) < 4.78 is 4.40. The average Bonchev–Trinajstić information content (AvgIpc) is 3.14. The maximum absolute atomic E-state index is 13.4. The molecule has 0 fully saturated rings. The monoisotopic (exact) mass is 438 g/mol. The molecule has 0 radical (unpaired) electrons. The lowest BCUT2D eigenvalue weighted by molar-refractivity contribution is 0.277. The minimum Gasteiger partial charge on any atom is -0.396 e. The Morgan fingerprint density at radius 1 is 1.00 bits per heavy atom. The van der Waals surface area contributed by atoms with Gasteiger partial charge in [0, 0.05) is 37.3 Å². The number of hydrogen-bond acceptors (Lipinski definition) is 4. The van der Waals surface area contributed by atoms with Gasteiger partial charge in [0.2, 0.25) is 0 Å². The third-order valence-corrected chi connectivity index (χ3v) is 5.59. The summed E-state index contributed by atoms with van der Waals surface area (Å²) in [5.41, 5.74) is 2.74. The van der Waals surface area contributed by atoms with Gasteiger partial charge in [-0.15, -0.1) is 0 Å². The highest BCUT2D eigenvalue weighted by atomic mass is 35.5. The molecular formula is C23H23ClN4O3. The van der Waals surface area contributed by atoms with Crippen LogP contribution in [-0.4, -0.2) is 30.4 Å². The fourth-order valence-corrected chi connectivity index (χ4v) is 3.77. The van der Waals surface area contributed by atoms with Gasteiger partial charge in [0.05, 0.1) is 0 Å². The largest absolute Gasteiger partial charge is 0.396 e. The standard InChI is InChI=1S/C23H23ClN4O3/c1-15-4-8-17(9-5-15)20-25-21-19(28(20)14-16-6-10-18(24)11-7-16)22(30)27(12-3-13-29)23(31)26(21)2/h4-11,29H,3,12-14H2,1-2H3. The van der Waals surface area contributed by atoms with Crippen LogP contribution in [-0.2, 0) is 20.1 Å². The fourth-order valence-electron chi connectivity index (χ4n) is 3.65. The molecular weight excluding hydrogens is 416 g/mol. The third-order valence-electron chi connectivity index (χ3n) is 5.34. The first-order valence-electron chi connectivity index (χ1n) is 10.0. The van der Waals surface area contributed by atoms with Crippen LogP contribution in [0.15, 0.2) is 58.1 Å². The molecule has 0 saturated carbocycles. The summed E-state index contributed by atoms with van der Waals surface area (Å²) in [6, 6.07) is 15.3. The van der Waals surface area contributed by atoms with E-state index >= 15 is 0 Å². The SMILES string of the molecule is Cc1ccc(-c2nc3c(c(=O)n(CCCO)c(=O)n3C)n2Cc2ccc(Cl)cc2)cc1. The van der Waals surface area contributed by atoms with Gasteiger partial charge in [0.15, 0.2) is 11.2 Å².